The lowest BCUT2D eigenvalue weighted by Crippen LogP contribution is -1.97. The van der Waals surface area contributed by atoms with Crippen molar-refractivity contribution >= 4 is 81.7 Å². The van der Waals surface area contributed by atoms with Crippen LogP contribution in [-0.4, -0.2) is 18.9 Å². The van der Waals surface area contributed by atoms with Crippen molar-refractivity contribution in [1.82, 2.24) is 18.9 Å². The monoisotopic (exact) mass is 660 g/mol. The van der Waals surface area contributed by atoms with Crippen LogP contribution in [0.4, 0.5) is 0 Å². The lowest BCUT2D eigenvalue weighted by Gasteiger charge is -2.13. The highest BCUT2D eigenvalue weighted by molar-refractivity contribution is 6.31. The maximum atomic E-state index is 5.22. The van der Waals surface area contributed by atoms with E-state index in [9.17, 15) is 0 Å². The van der Waals surface area contributed by atoms with Crippen molar-refractivity contribution in [1.29, 1.82) is 0 Å². The van der Waals surface area contributed by atoms with Crippen LogP contribution in [0.25, 0.3) is 110 Å². The first-order chi connectivity index (χ1) is 25.8. The Hall–Kier alpha value is -7.04. The first kappa shape index (κ1) is 27.7. The van der Waals surface area contributed by atoms with Gasteiger partial charge in [0.25, 0.3) is 0 Å². The number of hydrogen-bond donors (Lipinski definition) is 0. The van der Waals surface area contributed by atoms with Gasteiger partial charge in [0.15, 0.2) is 0 Å². The first-order valence-electron chi connectivity index (χ1n) is 17.8. The number of hydrogen-bond acceptors (Lipinski definition) is 2. The molecule has 52 heavy (non-hydrogen) atoms. The molecule has 4 heteroatoms. The molecule has 0 spiro atoms. The third-order valence-corrected chi connectivity index (χ3v) is 11.0. The van der Waals surface area contributed by atoms with E-state index >= 15 is 0 Å². The van der Waals surface area contributed by atoms with Gasteiger partial charge in [0, 0.05) is 43.7 Å². The highest BCUT2D eigenvalue weighted by Gasteiger charge is 2.22. The lowest BCUT2D eigenvalue weighted by molar-refractivity contribution is 1.18. The topological polar surface area (TPSA) is 35.1 Å². The molecule has 4 heterocycles. The Labute approximate surface area is 297 Å². The Kier molecular flexibility index (Phi) is 5.47. The van der Waals surface area contributed by atoms with E-state index in [4.69, 9.17) is 9.97 Å². The summed E-state index contributed by atoms with van der Waals surface area (Å²) in [4.78, 5) is 10.4. The molecular formula is C48H28N4. The van der Waals surface area contributed by atoms with Crippen LogP contribution in [0, 0.1) is 0 Å². The van der Waals surface area contributed by atoms with Crippen molar-refractivity contribution in [2.45, 2.75) is 0 Å². The lowest BCUT2D eigenvalue weighted by atomic mass is 10.0. The van der Waals surface area contributed by atoms with E-state index in [1.165, 1.54) is 70.7 Å². The number of fused-ring (bicyclic) bond motifs is 7. The summed E-state index contributed by atoms with van der Waals surface area (Å²) in [5.74, 6) is 0. The van der Waals surface area contributed by atoms with Gasteiger partial charge in [-0.05, 0) is 70.8 Å². The molecule has 0 aliphatic heterocycles. The number of rotatable bonds is 3. The van der Waals surface area contributed by atoms with Crippen molar-refractivity contribution in [2.24, 2.45) is 0 Å². The second-order valence-corrected chi connectivity index (χ2v) is 13.8. The number of aromatic nitrogens is 4. The Balaban J connectivity index is 1.11. The van der Waals surface area contributed by atoms with E-state index in [1.807, 2.05) is 24.3 Å². The third kappa shape index (κ3) is 3.70. The fraction of sp³-hybridized carbons (Fsp3) is 0. The first-order valence-corrected chi connectivity index (χ1v) is 17.8. The number of benzene rings is 8. The van der Waals surface area contributed by atoms with Crippen molar-refractivity contribution < 1.29 is 0 Å². The quantitative estimate of drug-likeness (QED) is 0.189. The summed E-state index contributed by atoms with van der Waals surface area (Å²) in [5, 5.41) is 10.1. The molecule has 8 aromatic carbocycles. The van der Waals surface area contributed by atoms with Crippen LogP contribution >= 0.6 is 0 Å². The van der Waals surface area contributed by atoms with Crippen LogP contribution in [0.1, 0.15) is 0 Å². The Morgan fingerprint density at radius 3 is 1.75 bits per heavy atom. The molecule has 240 valence electrons. The fourth-order valence-electron chi connectivity index (χ4n) is 8.77. The van der Waals surface area contributed by atoms with Gasteiger partial charge in [-0.3, -0.25) is 0 Å². The Morgan fingerprint density at radius 1 is 0.365 bits per heavy atom. The highest BCUT2D eigenvalue weighted by atomic mass is 15.0. The molecule has 12 rings (SSSR count). The molecule has 0 aliphatic rings. The van der Waals surface area contributed by atoms with Crippen LogP contribution in [0.15, 0.2) is 170 Å². The van der Waals surface area contributed by atoms with Gasteiger partial charge in [-0.25, -0.2) is 9.97 Å². The van der Waals surface area contributed by atoms with Gasteiger partial charge in [-0.2, -0.15) is 0 Å². The Morgan fingerprint density at radius 2 is 0.923 bits per heavy atom. The molecule has 0 saturated carbocycles. The summed E-state index contributed by atoms with van der Waals surface area (Å²) in [6.45, 7) is 0. The zero-order valence-corrected chi connectivity index (χ0v) is 28.0. The minimum Gasteiger partial charge on any atom is -0.309 e. The summed E-state index contributed by atoms with van der Waals surface area (Å²) in [6, 6.07) is 61.1. The molecule has 0 saturated heterocycles. The van der Waals surface area contributed by atoms with Crippen LogP contribution in [0.5, 0.6) is 0 Å². The van der Waals surface area contributed by atoms with Crippen LogP contribution in [-0.2, 0) is 0 Å². The van der Waals surface area contributed by atoms with E-state index in [0.717, 1.165) is 39.2 Å². The van der Waals surface area contributed by atoms with Crippen LogP contribution in [0.2, 0.25) is 0 Å². The smallest absolute Gasteiger partial charge is 0.0973 e. The summed E-state index contributed by atoms with van der Waals surface area (Å²) in [5.41, 5.74) is 12.8. The van der Waals surface area contributed by atoms with E-state index in [2.05, 4.69) is 155 Å². The molecule has 4 aromatic heterocycles. The van der Waals surface area contributed by atoms with Gasteiger partial charge in [-0.15, -0.1) is 0 Å². The van der Waals surface area contributed by atoms with Crippen molar-refractivity contribution in [3.05, 3.63) is 170 Å². The predicted octanol–water partition coefficient (Wildman–Crippen LogP) is 12.4. The summed E-state index contributed by atoms with van der Waals surface area (Å²) in [6.07, 6.45) is 0. The normalized spacial score (nSPS) is 12.2. The third-order valence-electron chi connectivity index (χ3n) is 11.0. The van der Waals surface area contributed by atoms with Gasteiger partial charge >= 0.3 is 0 Å². The van der Waals surface area contributed by atoms with Gasteiger partial charge in [0.05, 0.1) is 50.0 Å². The van der Waals surface area contributed by atoms with Crippen molar-refractivity contribution in [3.63, 3.8) is 0 Å². The van der Waals surface area contributed by atoms with E-state index in [-0.39, 0.29) is 0 Å². The molecule has 0 aliphatic carbocycles. The molecular weight excluding hydrogens is 633 g/mol. The summed E-state index contributed by atoms with van der Waals surface area (Å²) >= 11 is 0. The van der Waals surface area contributed by atoms with Crippen molar-refractivity contribution in [2.75, 3.05) is 0 Å². The largest absolute Gasteiger partial charge is 0.309 e. The maximum Gasteiger partial charge on any atom is 0.0973 e. The molecule has 12 aromatic rings. The minimum absolute atomic E-state index is 0.877. The number of para-hydroxylation sites is 4. The van der Waals surface area contributed by atoms with E-state index in [1.54, 1.807) is 0 Å². The van der Waals surface area contributed by atoms with E-state index in [0.29, 0.717) is 0 Å². The average Bonchev–Trinajstić information content (AvgIpc) is 3.69. The van der Waals surface area contributed by atoms with Gasteiger partial charge in [0.1, 0.15) is 0 Å². The summed E-state index contributed by atoms with van der Waals surface area (Å²) in [7, 11) is 0. The molecule has 0 fully saturated rings. The van der Waals surface area contributed by atoms with Crippen LogP contribution in [0.3, 0.4) is 0 Å². The zero-order chi connectivity index (χ0) is 33.9. The fourth-order valence-corrected chi connectivity index (χ4v) is 8.77. The standard InChI is InChI=1S/C48H28N4/c1-2-11-31-28-32(23-22-29(31)10-1)47-46(49-38-16-4-5-17-39(38)50-47)30-24-26-33(27-25-30)51-41-19-8-13-35-37-15-7-14-36-34-12-3-6-18-40(34)52(48(36)37)43-21-9-20-42(51)45(43)44(35)41/h1-28H. The molecule has 0 radical (unpaired) electrons. The molecule has 0 bridgehead atoms. The van der Waals surface area contributed by atoms with E-state index < -0.39 is 0 Å². The molecule has 4 nitrogen and oxygen atoms in total. The molecule has 0 N–H and O–H groups in total. The SMILES string of the molecule is c1ccc2cc(-c3nc4ccccc4nc3-c3ccc(-n4c5cccc6c7cccc8c9ccccc9n(c9cccc4c9c65)c78)cc3)ccc2c1. The van der Waals surface area contributed by atoms with Gasteiger partial charge < -0.3 is 8.97 Å². The second-order valence-electron chi connectivity index (χ2n) is 13.8. The minimum atomic E-state index is 0.877. The zero-order valence-electron chi connectivity index (χ0n) is 28.0. The summed E-state index contributed by atoms with van der Waals surface area (Å²) < 4.78 is 4.91. The van der Waals surface area contributed by atoms with Crippen LogP contribution < -0.4 is 0 Å². The maximum absolute atomic E-state index is 5.22. The number of nitrogens with zero attached hydrogens (tertiary/aromatic N) is 4. The predicted molar refractivity (Wildman–Crippen MR) is 217 cm³/mol. The molecule has 0 amide bonds. The molecule has 0 atom stereocenters. The molecule has 0 unspecified atom stereocenters. The highest BCUT2D eigenvalue weighted by Crippen LogP contribution is 2.44. The Bertz CT molecular complexity index is 3400. The van der Waals surface area contributed by atoms with Gasteiger partial charge in [0.2, 0.25) is 0 Å². The average molecular weight is 661 g/mol. The van der Waals surface area contributed by atoms with Gasteiger partial charge in [-0.1, -0.05) is 115 Å². The van der Waals surface area contributed by atoms with Crippen molar-refractivity contribution in [3.8, 4) is 28.2 Å². The second kappa shape index (κ2) is 10.3.